The van der Waals surface area contributed by atoms with Gasteiger partial charge in [0.2, 0.25) is 0 Å². The molecule has 0 unspecified atom stereocenters. The number of nitrogens with zero attached hydrogens (tertiary/aromatic N) is 3. The quantitative estimate of drug-likeness (QED) is 0.229. The molecule has 0 atom stereocenters. The third-order valence-corrected chi connectivity index (χ3v) is 11.2. The van der Waals surface area contributed by atoms with Crippen LogP contribution in [-0.4, -0.2) is 69.3 Å². The van der Waals surface area contributed by atoms with Crippen molar-refractivity contribution in [2.45, 2.75) is 157 Å². The van der Waals surface area contributed by atoms with Crippen LogP contribution in [0, 0.1) is 60.7 Å². The SMILES string of the molecule is Cc1cc(CN2CCCC2)c(O)c(C(C)(C)C)c1.Cc1cc(CN2CCCC2)c(O)c(C(C)(C)C)c1.Cc1cc(CN2CCCC2)c(O)c(C(C)(C)C)c1.[Gd]. The zero-order valence-corrected chi connectivity index (χ0v) is 38.9. The second-order valence-corrected chi connectivity index (χ2v) is 19.7. The Bertz CT molecular complexity index is 1480. The number of rotatable bonds is 6. The molecule has 0 bridgehead atoms. The maximum Gasteiger partial charge on any atom is 0.123 e. The van der Waals surface area contributed by atoms with Crippen molar-refractivity contribution in [2.75, 3.05) is 39.3 Å². The van der Waals surface area contributed by atoms with Gasteiger partial charge in [-0.1, -0.05) is 115 Å². The van der Waals surface area contributed by atoms with Crippen molar-refractivity contribution < 1.29 is 55.3 Å². The number of benzene rings is 3. The average Bonchev–Trinajstić information content (AvgIpc) is 3.87. The number of phenolic OH excluding ortho intramolecular Hbond substituents is 3. The summed E-state index contributed by atoms with van der Waals surface area (Å²) < 4.78 is 0. The van der Waals surface area contributed by atoms with Gasteiger partial charge in [0, 0.05) is 76.3 Å². The molecule has 7 heteroatoms. The Morgan fingerprint density at radius 1 is 0.400 bits per heavy atom. The van der Waals surface area contributed by atoms with Crippen LogP contribution in [0.15, 0.2) is 36.4 Å². The Balaban J connectivity index is 0.000000220. The zero-order valence-electron chi connectivity index (χ0n) is 36.6. The molecule has 3 aromatic carbocycles. The van der Waals surface area contributed by atoms with Gasteiger partial charge in [-0.2, -0.15) is 0 Å². The first-order valence-electron chi connectivity index (χ1n) is 20.8. The summed E-state index contributed by atoms with van der Waals surface area (Å²) in [6.45, 7) is 35.4. The molecule has 0 amide bonds. The summed E-state index contributed by atoms with van der Waals surface area (Å²) in [6, 6.07) is 12.7. The largest absolute Gasteiger partial charge is 0.507 e. The van der Waals surface area contributed by atoms with E-state index in [2.05, 4.69) is 134 Å². The Morgan fingerprint density at radius 3 is 0.782 bits per heavy atom. The van der Waals surface area contributed by atoms with E-state index in [9.17, 15) is 15.3 Å². The van der Waals surface area contributed by atoms with Gasteiger partial charge in [0.25, 0.3) is 0 Å². The van der Waals surface area contributed by atoms with Crippen molar-refractivity contribution in [2.24, 2.45) is 0 Å². The van der Waals surface area contributed by atoms with Crippen LogP contribution in [0.2, 0.25) is 0 Å². The third kappa shape index (κ3) is 14.0. The van der Waals surface area contributed by atoms with Crippen molar-refractivity contribution in [3.63, 3.8) is 0 Å². The number of hydrogen-bond acceptors (Lipinski definition) is 6. The van der Waals surface area contributed by atoms with Crippen molar-refractivity contribution in [3.05, 3.63) is 86.5 Å². The molecule has 0 aliphatic carbocycles. The van der Waals surface area contributed by atoms with E-state index in [4.69, 9.17) is 0 Å². The molecule has 3 saturated heterocycles. The summed E-state index contributed by atoms with van der Waals surface area (Å²) in [6.07, 6.45) is 7.74. The van der Waals surface area contributed by atoms with E-state index in [1.54, 1.807) is 0 Å². The molecule has 3 aliphatic rings. The summed E-state index contributed by atoms with van der Waals surface area (Å²) in [5, 5.41) is 31.4. The summed E-state index contributed by atoms with van der Waals surface area (Å²) in [7, 11) is 0. The van der Waals surface area contributed by atoms with Gasteiger partial charge in [0.05, 0.1) is 0 Å². The van der Waals surface area contributed by atoms with Crippen LogP contribution >= 0.6 is 0 Å². The molecule has 308 valence electrons. The van der Waals surface area contributed by atoms with Crippen LogP contribution in [0.25, 0.3) is 0 Å². The fourth-order valence-electron chi connectivity index (χ4n) is 8.18. The molecule has 0 saturated carbocycles. The van der Waals surface area contributed by atoms with E-state index in [0.717, 1.165) is 92.3 Å². The number of aryl methyl sites for hydroxylation is 3. The molecular formula is C48H75GdN3O3. The first kappa shape index (κ1) is 47.6. The Kier molecular flexibility index (Phi) is 17.6. The maximum atomic E-state index is 10.5. The van der Waals surface area contributed by atoms with E-state index in [0.29, 0.717) is 17.2 Å². The molecule has 0 aromatic heterocycles. The minimum atomic E-state index is -0.00410. The van der Waals surface area contributed by atoms with Crippen molar-refractivity contribution in [1.82, 2.24) is 14.7 Å². The minimum Gasteiger partial charge on any atom is -0.507 e. The van der Waals surface area contributed by atoms with Gasteiger partial charge >= 0.3 is 0 Å². The fraction of sp³-hybridized carbons (Fsp3) is 0.625. The summed E-state index contributed by atoms with van der Waals surface area (Å²) in [4.78, 5) is 7.29. The van der Waals surface area contributed by atoms with Crippen molar-refractivity contribution in [1.29, 1.82) is 0 Å². The van der Waals surface area contributed by atoms with Gasteiger partial charge in [-0.3, -0.25) is 14.7 Å². The van der Waals surface area contributed by atoms with Gasteiger partial charge in [-0.05, 0) is 132 Å². The van der Waals surface area contributed by atoms with Gasteiger partial charge < -0.3 is 15.3 Å². The predicted molar refractivity (Wildman–Crippen MR) is 228 cm³/mol. The smallest absolute Gasteiger partial charge is 0.123 e. The van der Waals surface area contributed by atoms with E-state index < -0.39 is 0 Å². The van der Waals surface area contributed by atoms with Gasteiger partial charge in [0.1, 0.15) is 17.2 Å². The third-order valence-electron chi connectivity index (χ3n) is 11.2. The molecule has 6 nitrogen and oxygen atoms in total. The molecule has 0 radical (unpaired) electrons. The topological polar surface area (TPSA) is 70.4 Å². The monoisotopic (exact) mass is 900 g/mol. The molecule has 3 heterocycles. The maximum absolute atomic E-state index is 10.5. The average molecular weight is 899 g/mol. The Hall–Kier alpha value is -1.74. The molecule has 55 heavy (non-hydrogen) atoms. The second-order valence-electron chi connectivity index (χ2n) is 19.7. The number of likely N-dealkylation sites (tertiary alicyclic amines) is 3. The zero-order chi connectivity index (χ0) is 40.0. The first-order valence-corrected chi connectivity index (χ1v) is 20.8. The van der Waals surface area contributed by atoms with Crippen LogP contribution in [0.3, 0.4) is 0 Å². The molecule has 3 N–H and O–H groups in total. The Labute approximate surface area is 367 Å². The molecule has 3 fully saturated rings. The van der Waals surface area contributed by atoms with E-state index >= 15 is 0 Å². The molecule has 0 spiro atoms. The fourth-order valence-corrected chi connectivity index (χ4v) is 8.18. The van der Waals surface area contributed by atoms with E-state index in [-0.39, 0.29) is 56.2 Å². The summed E-state index contributed by atoms with van der Waals surface area (Å²) in [5.41, 5.74) is 10.2. The minimum absolute atomic E-state index is 0. The van der Waals surface area contributed by atoms with Crippen molar-refractivity contribution >= 4 is 0 Å². The van der Waals surface area contributed by atoms with Crippen LogP contribution in [0.5, 0.6) is 17.2 Å². The Morgan fingerprint density at radius 2 is 0.600 bits per heavy atom. The number of hydrogen-bond donors (Lipinski definition) is 3. The summed E-state index contributed by atoms with van der Waals surface area (Å²) in [5.74, 6) is 1.50. The first-order chi connectivity index (χ1) is 25.1. The van der Waals surface area contributed by atoms with Crippen LogP contribution in [0.1, 0.15) is 151 Å². The molecule has 3 aromatic rings. The predicted octanol–water partition coefficient (Wildman–Crippen LogP) is 10.8. The van der Waals surface area contributed by atoms with Crippen LogP contribution in [0.4, 0.5) is 0 Å². The molecule has 3 aliphatic heterocycles. The van der Waals surface area contributed by atoms with Gasteiger partial charge in [-0.25, -0.2) is 0 Å². The standard InChI is InChI=1S/3C16H25NO.Gd/c3*1-12-9-13(11-17-7-5-6-8-17)15(18)14(10-12)16(2,3)4;/h3*9-10,18H,5-8,11H2,1-4H3;. The molecular weight excluding hydrogens is 824 g/mol. The van der Waals surface area contributed by atoms with E-state index in [1.165, 1.54) is 55.2 Å². The number of phenols is 3. The van der Waals surface area contributed by atoms with E-state index in [1.807, 2.05) is 0 Å². The van der Waals surface area contributed by atoms with Gasteiger partial charge in [-0.15, -0.1) is 0 Å². The van der Waals surface area contributed by atoms with Gasteiger partial charge in [0.15, 0.2) is 0 Å². The molecule has 6 rings (SSSR count). The van der Waals surface area contributed by atoms with Crippen LogP contribution in [-0.2, 0) is 35.9 Å². The van der Waals surface area contributed by atoms with Crippen LogP contribution < -0.4 is 0 Å². The number of aromatic hydroxyl groups is 3. The van der Waals surface area contributed by atoms with Crippen molar-refractivity contribution in [3.8, 4) is 17.2 Å². The summed E-state index contributed by atoms with van der Waals surface area (Å²) >= 11 is 0. The normalized spacial score (nSPS) is 17.0. The second kappa shape index (κ2) is 20.3.